The quantitative estimate of drug-likeness (QED) is 0.545. The van der Waals surface area contributed by atoms with Crippen LogP contribution in [0.5, 0.6) is 0 Å². The number of hydrogen-bond acceptors (Lipinski definition) is 6. The summed E-state index contributed by atoms with van der Waals surface area (Å²) in [4.78, 5) is 16.2. The standard InChI is InChI=1S/C20H22N2O4S3/c23-20(21(14-17-4-1-11-26-17)15-18-5-2-12-27-18)16-7-9-22(10-8-16)29(24,25)19-6-3-13-28-19/h1-6,11-13,16H,7-10,14-15H2. The van der Waals surface area contributed by atoms with E-state index in [1.54, 1.807) is 35.1 Å². The van der Waals surface area contributed by atoms with Crippen molar-refractivity contribution >= 4 is 38.6 Å². The molecule has 0 aliphatic carbocycles. The largest absolute Gasteiger partial charge is 0.467 e. The van der Waals surface area contributed by atoms with Gasteiger partial charge in [-0.2, -0.15) is 4.31 Å². The van der Waals surface area contributed by atoms with Crippen LogP contribution < -0.4 is 0 Å². The number of carbonyl (C=O) groups excluding carboxylic acids is 1. The maximum atomic E-state index is 13.3. The molecule has 0 aromatic carbocycles. The number of rotatable bonds is 7. The summed E-state index contributed by atoms with van der Waals surface area (Å²) in [5, 5.41) is 3.76. The maximum Gasteiger partial charge on any atom is 0.252 e. The molecule has 154 valence electrons. The molecule has 3 aromatic heterocycles. The first-order chi connectivity index (χ1) is 14.0. The van der Waals surface area contributed by atoms with Crippen molar-refractivity contribution < 1.29 is 17.6 Å². The zero-order chi connectivity index (χ0) is 20.3. The molecule has 29 heavy (non-hydrogen) atoms. The lowest BCUT2D eigenvalue weighted by atomic mass is 9.96. The summed E-state index contributed by atoms with van der Waals surface area (Å²) < 4.78 is 32.7. The Kier molecular flexibility index (Phi) is 6.19. The fourth-order valence-corrected chi connectivity index (χ4v) is 6.87. The summed E-state index contributed by atoms with van der Waals surface area (Å²) >= 11 is 2.84. The van der Waals surface area contributed by atoms with Gasteiger partial charge in [-0.1, -0.05) is 12.1 Å². The lowest BCUT2D eigenvalue weighted by Crippen LogP contribution is -2.43. The fraction of sp³-hybridized carbons (Fsp3) is 0.350. The Morgan fingerprint density at radius 1 is 1.07 bits per heavy atom. The number of thiophene rings is 2. The molecule has 1 saturated heterocycles. The number of amides is 1. The van der Waals surface area contributed by atoms with E-state index in [4.69, 9.17) is 4.42 Å². The Morgan fingerprint density at radius 2 is 1.83 bits per heavy atom. The van der Waals surface area contributed by atoms with Crippen molar-refractivity contribution in [2.24, 2.45) is 5.92 Å². The molecule has 1 amide bonds. The van der Waals surface area contributed by atoms with Crippen LogP contribution in [0.3, 0.4) is 0 Å². The minimum atomic E-state index is -3.46. The van der Waals surface area contributed by atoms with E-state index in [1.165, 1.54) is 15.6 Å². The summed E-state index contributed by atoms with van der Waals surface area (Å²) in [5.74, 6) is 0.621. The Hall–Kier alpha value is -1.94. The van der Waals surface area contributed by atoms with Gasteiger partial charge in [0.1, 0.15) is 9.97 Å². The van der Waals surface area contributed by atoms with Gasteiger partial charge < -0.3 is 9.32 Å². The molecule has 3 aromatic rings. The van der Waals surface area contributed by atoms with Gasteiger partial charge in [0.05, 0.1) is 19.4 Å². The van der Waals surface area contributed by atoms with Gasteiger partial charge in [-0.15, -0.1) is 22.7 Å². The average molecular weight is 451 g/mol. The smallest absolute Gasteiger partial charge is 0.252 e. The molecule has 4 rings (SSSR count). The first-order valence-electron chi connectivity index (χ1n) is 9.41. The van der Waals surface area contributed by atoms with Crippen molar-refractivity contribution in [3.8, 4) is 0 Å². The normalized spacial score (nSPS) is 16.1. The topological polar surface area (TPSA) is 70.8 Å². The Labute approximate surface area is 178 Å². The molecular formula is C20H22N2O4S3. The van der Waals surface area contributed by atoms with Gasteiger partial charge in [0.2, 0.25) is 5.91 Å². The van der Waals surface area contributed by atoms with E-state index < -0.39 is 10.0 Å². The van der Waals surface area contributed by atoms with Gasteiger partial charge in [0.15, 0.2) is 0 Å². The SMILES string of the molecule is O=C(C1CCN(S(=O)(=O)c2cccs2)CC1)N(Cc1ccco1)Cc1cccs1. The first-order valence-corrected chi connectivity index (χ1v) is 12.6. The van der Waals surface area contributed by atoms with E-state index in [9.17, 15) is 13.2 Å². The zero-order valence-electron chi connectivity index (χ0n) is 15.8. The number of carbonyl (C=O) groups is 1. The number of sulfonamides is 1. The van der Waals surface area contributed by atoms with E-state index in [1.807, 2.05) is 34.5 Å². The van der Waals surface area contributed by atoms with Crippen LogP contribution in [-0.2, 0) is 27.9 Å². The van der Waals surface area contributed by atoms with Crippen LogP contribution in [0, 0.1) is 5.92 Å². The Balaban J connectivity index is 1.43. The van der Waals surface area contributed by atoms with Crippen molar-refractivity contribution in [1.29, 1.82) is 0 Å². The molecule has 9 heteroatoms. The van der Waals surface area contributed by atoms with Gasteiger partial charge in [-0.3, -0.25) is 4.79 Å². The van der Waals surface area contributed by atoms with E-state index in [-0.39, 0.29) is 11.8 Å². The molecule has 0 radical (unpaired) electrons. The summed E-state index contributed by atoms with van der Waals surface area (Å²) in [6, 6.07) is 11.0. The molecular weight excluding hydrogens is 428 g/mol. The van der Waals surface area contributed by atoms with Crippen LogP contribution >= 0.6 is 22.7 Å². The molecule has 1 fully saturated rings. The second-order valence-corrected chi connectivity index (χ2v) is 11.1. The van der Waals surface area contributed by atoms with E-state index in [0.717, 1.165) is 10.6 Å². The van der Waals surface area contributed by atoms with Gasteiger partial charge in [-0.25, -0.2) is 8.42 Å². The van der Waals surface area contributed by atoms with Crippen molar-refractivity contribution in [2.75, 3.05) is 13.1 Å². The predicted octanol–water partition coefficient (Wildman–Crippen LogP) is 4.03. The minimum Gasteiger partial charge on any atom is -0.467 e. The third-order valence-electron chi connectivity index (χ3n) is 5.06. The van der Waals surface area contributed by atoms with Gasteiger partial charge in [-0.05, 0) is 47.9 Å². The third-order valence-corrected chi connectivity index (χ3v) is 9.19. The molecule has 0 spiro atoms. The number of nitrogens with zero attached hydrogens (tertiary/aromatic N) is 2. The summed E-state index contributed by atoms with van der Waals surface area (Å²) in [6.45, 7) is 1.68. The van der Waals surface area contributed by atoms with E-state index in [0.29, 0.717) is 43.2 Å². The van der Waals surface area contributed by atoms with Crippen LogP contribution in [0.1, 0.15) is 23.5 Å². The molecule has 1 aliphatic rings. The molecule has 0 atom stereocenters. The fourth-order valence-electron chi connectivity index (χ4n) is 3.53. The van der Waals surface area contributed by atoms with Crippen LogP contribution in [0.25, 0.3) is 0 Å². The first kappa shape index (κ1) is 20.3. The lowest BCUT2D eigenvalue weighted by molar-refractivity contribution is -0.138. The summed E-state index contributed by atoms with van der Waals surface area (Å²) in [5.41, 5.74) is 0. The number of piperidine rings is 1. The molecule has 6 nitrogen and oxygen atoms in total. The van der Waals surface area contributed by atoms with Crippen LogP contribution in [0.15, 0.2) is 62.0 Å². The van der Waals surface area contributed by atoms with Gasteiger partial charge in [0.25, 0.3) is 10.0 Å². The molecule has 0 saturated carbocycles. The van der Waals surface area contributed by atoms with Crippen molar-refractivity contribution in [3.63, 3.8) is 0 Å². The highest BCUT2D eigenvalue weighted by atomic mass is 32.2. The van der Waals surface area contributed by atoms with E-state index in [2.05, 4.69) is 0 Å². The van der Waals surface area contributed by atoms with Crippen molar-refractivity contribution in [2.45, 2.75) is 30.1 Å². The predicted molar refractivity (Wildman–Crippen MR) is 113 cm³/mol. The highest BCUT2D eigenvalue weighted by Crippen LogP contribution is 2.28. The highest BCUT2D eigenvalue weighted by molar-refractivity contribution is 7.91. The minimum absolute atomic E-state index is 0.0583. The highest BCUT2D eigenvalue weighted by Gasteiger charge is 2.34. The lowest BCUT2D eigenvalue weighted by Gasteiger charge is -2.33. The summed E-state index contributed by atoms with van der Waals surface area (Å²) in [6.07, 6.45) is 2.67. The molecule has 1 aliphatic heterocycles. The third kappa shape index (κ3) is 4.63. The zero-order valence-corrected chi connectivity index (χ0v) is 18.2. The van der Waals surface area contributed by atoms with Gasteiger partial charge >= 0.3 is 0 Å². The second kappa shape index (κ2) is 8.83. The summed E-state index contributed by atoms with van der Waals surface area (Å²) in [7, 11) is -3.46. The number of furan rings is 1. The average Bonchev–Trinajstić information content (AvgIpc) is 3.50. The van der Waals surface area contributed by atoms with E-state index >= 15 is 0 Å². The number of hydrogen-bond donors (Lipinski definition) is 0. The van der Waals surface area contributed by atoms with Gasteiger partial charge in [0, 0.05) is 23.9 Å². The maximum absolute atomic E-state index is 13.3. The molecule has 0 unspecified atom stereocenters. The van der Waals surface area contributed by atoms with Crippen molar-refractivity contribution in [1.82, 2.24) is 9.21 Å². The molecule has 4 heterocycles. The Morgan fingerprint density at radius 3 is 2.45 bits per heavy atom. The van der Waals surface area contributed by atoms with Crippen LogP contribution in [-0.4, -0.2) is 36.6 Å². The Bertz CT molecular complexity index is 968. The van der Waals surface area contributed by atoms with Crippen LogP contribution in [0.2, 0.25) is 0 Å². The van der Waals surface area contributed by atoms with Crippen molar-refractivity contribution in [3.05, 3.63) is 64.1 Å². The second-order valence-electron chi connectivity index (χ2n) is 6.96. The van der Waals surface area contributed by atoms with Crippen LogP contribution in [0.4, 0.5) is 0 Å². The molecule has 0 N–H and O–H groups in total. The monoisotopic (exact) mass is 450 g/mol. The molecule has 0 bridgehead atoms.